The van der Waals surface area contributed by atoms with Crippen molar-refractivity contribution >= 4 is 11.2 Å². The minimum Gasteiger partial charge on any atom is -0.395 e. The summed E-state index contributed by atoms with van der Waals surface area (Å²) in [6.07, 6.45) is 8.03. The summed E-state index contributed by atoms with van der Waals surface area (Å²) >= 11 is 0. The summed E-state index contributed by atoms with van der Waals surface area (Å²) in [6.45, 7) is 2.62. The highest BCUT2D eigenvalue weighted by atomic mass is 16.3. The Hall–Kier alpha value is -1.93. The first-order valence-electron chi connectivity index (χ1n) is 9.05. The maximum absolute atomic E-state index is 12.1. The van der Waals surface area contributed by atoms with E-state index in [0.717, 1.165) is 44.9 Å². The third-order valence-electron chi connectivity index (χ3n) is 4.39. The zero-order chi connectivity index (χ0) is 18.2. The van der Waals surface area contributed by atoms with Gasteiger partial charge in [0.15, 0.2) is 11.2 Å². The lowest BCUT2D eigenvalue weighted by atomic mass is 10.1. The van der Waals surface area contributed by atoms with Gasteiger partial charge in [-0.1, -0.05) is 32.6 Å². The zero-order valence-electron chi connectivity index (χ0n) is 14.8. The number of imidazole rings is 1. The molecule has 140 valence electrons. The van der Waals surface area contributed by atoms with Crippen LogP contribution in [0.3, 0.4) is 0 Å². The van der Waals surface area contributed by atoms with Crippen LogP contribution in [0.15, 0.2) is 15.9 Å². The molecule has 0 saturated carbocycles. The van der Waals surface area contributed by atoms with Crippen molar-refractivity contribution in [3.05, 3.63) is 27.2 Å². The van der Waals surface area contributed by atoms with Gasteiger partial charge in [0.1, 0.15) is 0 Å². The van der Waals surface area contributed by atoms with Gasteiger partial charge in [-0.2, -0.15) is 0 Å². The molecule has 0 spiro atoms. The molecular formula is C17H28N4O4. The molecule has 2 aromatic heterocycles. The maximum Gasteiger partial charge on any atom is 0.330 e. The van der Waals surface area contributed by atoms with Crippen LogP contribution in [0, 0.1) is 0 Å². The standard InChI is InChI=1S/C17H28N4O4/c1-2-7-13(23)8-5-3-4-6-9-20-12-18-15-14(20)16(24)19-17(25)21(15)10-11-22/h12-13,22-23H,2-11H2,1H3,(H,19,24,25). The van der Waals surface area contributed by atoms with Gasteiger partial charge in [-0.25, -0.2) is 9.78 Å². The third-order valence-corrected chi connectivity index (χ3v) is 4.39. The molecule has 0 aliphatic rings. The van der Waals surface area contributed by atoms with E-state index in [9.17, 15) is 14.7 Å². The predicted molar refractivity (Wildman–Crippen MR) is 95.7 cm³/mol. The third kappa shape index (κ3) is 5.02. The van der Waals surface area contributed by atoms with E-state index in [-0.39, 0.29) is 19.3 Å². The number of aromatic nitrogens is 4. The van der Waals surface area contributed by atoms with Gasteiger partial charge in [0.05, 0.1) is 25.6 Å². The normalized spacial score (nSPS) is 12.8. The van der Waals surface area contributed by atoms with Gasteiger partial charge in [-0.15, -0.1) is 0 Å². The summed E-state index contributed by atoms with van der Waals surface area (Å²) in [7, 11) is 0. The highest BCUT2D eigenvalue weighted by Gasteiger charge is 2.13. The Bertz CT molecular complexity index is 777. The summed E-state index contributed by atoms with van der Waals surface area (Å²) < 4.78 is 3.04. The van der Waals surface area contributed by atoms with E-state index in [0.29, 0.717) is 17.7 Å². The van der Waals surface area contributed by atoms with E-state index >= 15 is 0 Å². The van der Waals surface area contributed by atoms with Gasteiger partial charge in [-0.3, -0.25) is 14.3 Å². The van der Waals surface area contributed by atoms with E-state index in [1.165, 1.54) is 4.57 Å². The molecule has 8 heteroatoms. The minimum atomic E-state index is -0.553. The van der Waals surface area contributed by atoms with Crippen LogP contribution in [-0.4, -0.2) is 42.0 Å². The Kier molecular flexibility index (Phi) is 7.39. The maximum atomic E-state index is 12.1. The lowest BCUT2D eigenvalue weighted by molar-refractivity contribution is 0.150. The van der Waals surface area contributed by atoms with Crippen LogP contribution < -0.4 is 11.2 Å². The monoisotopic (exact) mass is 352 g/mol. The van der Waals surface area contributed by atoms with Gasteiger partial charge in [0.25, 0.3) is 5.56 Å². The van der Waals surface area contributed by atoms with Crippen LogP contribution in [0.5, 0.6) is 0 Å². The molecule has 2 rings (SSSR count). The first-order chi connectivity index (χ1) is 12.1. The van der Waals surface area contributed by atoms with Gasteiger partial charge >= 0.3 is 5.69 Å². The number of aryl methyl sites for hydroxylation is 1. The molecule has 2 heterocycles. The molecule has 1 atom stereocenters. The van der Waals surface area contributed by atoms with Crippen LogP contribution >= 0.6 is 0 Å². The second-order valence-corrected chi connectivity index (χ2v) is 6.39. The molecule has 0 aliphatic carbocycles. The topological polar surface area (TPSA) is 113 Å². The average molecular weight is 352 g/mol. The number of rotatable bonds is 11. The largest absolute Gasteiger partial charge is 0.395 e. The van der Waals surface area contributed by atoms with Gasteiger partial charge in [0, 0.05) is 6.54 Å². The number of nitrogens with one attached hydrogen (secondary N) is 1. The molecule has 0 aromatic carbocycles. The van der Waals surface area contributed by atoms with Crippen LogP contribution in [-0.2, 0) is 13.1 Å². The molecule has 0 amide bonds. The van der Waals surface area contributed by atoms with E-state index < -0.39 is 11.2 Å². The molecule has 3 N–H and O–H groups in total. The SMILES string of the molecule is CCCC(O)CCCCCCn1cnc2c1c(=O)[nH]c(=O)n2CCO. The van der Waals surface area contributed by atoms with E-state index in [1.54, 1.807) is 10.9 Å². The predicted octanol–water partition coefficient (Wildman–Crippen LogP) is 0.990. The summed E-state index contributed by atoms with van der Waals surface area (Å²) in [4.78, 5) is 30.4. The first-order valence-corrected chi connectivity index (χ1v) is 9.05. The summed E-state index contributed by atoms with van der Waals surface area (Å²) in [5, 5.41) is 18.8. The van der Waals surface area contributed by atoms with Crippen molar-refractivity contribution in [3.63, 3.8) is 0 Å². The fraction of sp³-hybridized carbons (Fsp3) is 0.706. The summed E-state index contributed by atoms with van der Waals surface area (Å²) in [5.74, 6) is 0. The number of hydrogen-bond donors (Lipinski definition) is 3. The molecule has 0 aliphatic heterocycles. The number of nitrogens with zero attached hydrogens (tertiary/aromatic N) is 3. The Balaban J connectivity index is 1.93. The number of aromatic amines is 1. The van der Waals surface area contributed by atoms with Crippen molar-refractivity contribution in [2.75, 3.05) is 6.61 Å². The first kappa shape index (κ1) is 19.4. The quantitative estimate of drug-likeness (QED) is 0.522. The zero-order valence-corrected chi connectivity index (χ0v) is 14.8. The van der Waals surface area contributed by atoms with Crippen molar-refractivity contribution in [1.82, 2.24) is 19.1 Å². The number of aliphatic hydroxyl groups excluding tert-OH is 2. The van der Waals surface area contributed by atoms with Crippen LogP contribution in [0.4, 0.5) is 0 Å². The fourth-order valence-electron chi connectivity index (χ4n) is 3.09. The van der Waals surface area contributed by atoms with E-state index in [1.807, 2.05) is 0 Å². The molecular weight excluding hydrogens is 324 g/mol. The molecule has 0 bridgehead atoms. The fourth-order valence-corrected chi connectivity index (χ4v) is 3.09. The van der Waals surface area contributed by atoms with Crippen molar-refractivity contribution in [1.29, 1.82) is 0 Å². The van der Waals surface area contributed by atoms with Crippen molar-refractivity contribution in [3.8, 4) is 0 Å². The Morgan fingerprint density at radius 1 is 1.16 bits per heavy atom. The van der Waals surface area contributed by atoms with Gasteiger partial charge in [-0.05, 0) is 19.3 Å². The lowest BCUT2D eigenvalue weighted by Crippen LogP contribution is -2.32. The van der Waals surface area contributed by atoms with Crippen LogP contribution in [0.25, 0.3) is 11.2 Å². The van der Waals surface area contributed by atoms with Crippen molar-refractivity contribution in [2.24, 2.45) is 0 Å². The molecule has 0 fully saturated rings. The highest BCUT2D eigenvalue weighted by molar-refractivity contribution is 5.69. The summed E-state index contributed by atoms with van der Waals surface area (Å²) in [5.41, 5.74) is -0.325. The number of hydrogen-bond acceptors (Lipinski definition) is 5. The Labute approximate surface area is 146 Å². The number of aliphatic hydroxyl groups is 2. The number of unbranched alkanes of at least 4 members (excludes halogenated alkanes) is 3. The smallest absolute Gasteiger partial charge is 0.330 e. The van der Waals surface area contributed by atoms with Gasteiger partial charge in [0.2, 0.25) is 0 Å². The average Bonchev–Trinajstić information content (AvgIpc) is 2.99. The Morgan fingerprint density at radius 3 is 2.64 bits per heavy atom. The van der Waals surface area contributed by atoms with E-state index in [4.69, 9.17) is 5.11 Å². The molecule has 1 unspecified atom stereocenters. The van der Waals surface area contributed by atoms with Crippen LogP contribution in [0.1, 0.15) is 51.9 Å². The molecule has 0 radical (unpaired) electrons. The number of fused-ring (bicyclic) bond motifs is 1. The lowest BCUT2D eigenvalue weighted by Gasteiger charge is -2.09. The molecule has 2 aromatic rings. The highest BCUT2D eigenvalue weighted by Crippen LogP contribution is 2.12. The molecule has 8 nitrogen and oxygen atoms in total. The van der Waals surface area contributed by atoms with Crippen LogP contribution in [0.2, 0.25) is 0 Å². The second-order valence-electron chi connectivity index (χ2n) is 6.39. The molecule has 0 saturated heterocycles. The number of H-pyrrole nitrogens is 1. The minimum absolute atomic E-state index is 0.100. The molecule has 25 heavy (non-hydrogen) atoms. The Morgan fingerprint density at radius 2 is 1.92 bits per heavy atom. The van der Waals surface area contributed by atoms with Crippen molar-refractivity contribution < 1.29 is 10.2 Å². The summed E-state index contributed by atoms with van der Waals surface area (Å²) in [6, 6.07) is 0. The van der Waals surface area contributed by atoms with E-state index in [2.05, 4.69) is 16.9 Å². The van der Waals surface area contributed by atoms with Crippen molar-refractivity contribution in [2.45, 2.75) is 71.1 Å². The van der Waals surface area contributed by atoms with Gasteiger partial charge < -0.3 is 14.8 Å². The second kappa shape index (κ2) is 9.53.